The topological polar surface area (TPSA) is 53.6 Å². The molecule has 5 heteroatoms. The van der Waals surface area contributed by atoms with Crippen molar-refractivity contribution in [3.63, 3.8) is 0 Å². The van der Waals surface area contributed by atoms with Crippen LogP contribution in [0.5, 0.6) is 0 Å². The number of nitrogens with zero attached hydrogens (tertiary/aromatic N) is 1. The van der Waals surface area contributed by atoms with Crippen LogP contribution in [0.25, 0.3) is 0 Å². The first-order valence-electron chi connectivity index (χ1n) is 8.70. The van der Waals surface area contributed by atoms with Crippen LogP contribution in [0.3, 0.4) is 0 Å². The molecule has 0 bridgehead atoms. The molecule has 132 valence electrons. The Morgan fingerprint density at radius 3 is 2.68 bits per heavy atom. The number of rotatable bonds is 6. The summed E-state index contributed by atoms with van der Waals surface area (Å²) >= 11 is 0. The summed E-state index contributed by atoms with van der Waals surface area (Å²) < 4.78 is 5.45. The molecule has 1 fully saturated rings. The summed E-state index contributed by atoms with van der Waals surface area (Å²) in [5, 5.41) is 6.33. The van der Waals surface area contributed by atoms with Gasteiger partial charge in [0, 0.05) is 44.5 Å². The first-order valence-corrected chi connectivity index (χ1v) is 8.70. The molecule has 0 aliphatic carbocycles. The zero-order chi connectivity index (χ0) is 17.5. The predicted molar refractivity (Wildman–Crippen MR) is 101 cm³/mol. The third-order valence-electron chi connectivity index (χ3n) is 4.24. The Morgan fingerprint density at radius 2 is 1.88 bits per heavy atom. The van der Waals surface area contributed by atoms with Crippen LogP contribution in [-0.2, 0) is 22.6 Å². The van der Waals surface area contributed by atoms with Crippen molar-refractivity contribution in [2.45, 2.75) is 20.0 Å². The molecule has 0 atom stereocenters. The molecule has 0 unspecified atom stereocenters. The highest BCUT2D eigenvalue weighted by atomic mass is 16.5. The molecule has 2 N–H and O–H groups in total. The van der Waals surface area contributed by atoms with Crippen molar-refractivity contribution in [1.82, 2.24) is 5.32 Å². The number of benzene rings is 2. The van der Waals surface area contributed by atoms with Gasteiger partial charge in [0.25, 0.3) is 0 Å². The van der Waals surface area contributed by atoms with Gasteiger partial charge in [-0.25, -0.2) is 0 Å². The van der Waals surface area contributed by atoms with Crippen LogP contribution in [0, 0.1) is 0 Å². The molecule has 2 aromatic rings. The molecule has 1 aliphatic heterocycles. The Balaban J connectivity index is 1.60. The van der Waals surface area contributed by atoms with Crippen LogP contribution in [0.15, 0.2) is 48.5 Å². The van der Waals surface area contributed by atoms with Gasteiger partial charge in [-0.05, 0) is 29.3 Å². The minimum atomic E-state index is -0.0513. The minimum absolute atomic E-state index is 0.0513. The molecule has 1 saturated heterocycles. The molecule has 1 heterocycles. The van der Waals surface area contributed by atoms with Crippen LogP contribution in [0.4, 0.5) is 11.4 Å². The number of hydrogen-bond acceptors (Lipinski definition) is 4. The number of nitrogens with one attached hydrogen (secondary N) is 2. The van der Waals surface area contributed by atoms with Crippen molar-refractivity contribution < 1.29 is 9.53 Å². The first kappa shape index (κ1) is 17.5. The van der Waals surface area contributed by atoms with Crippen LogP contribution in [0.1, 0.15) is 18.1 Å². The maximum absolute atomic E-state index is 11.2. The van der Waals surface area contributed by atoms with Gasteiger partial charge in [0.15, 0.2) is 0 Å². The van der Waals surface area contributed by atoms with Crippen LogP contribution >= 0.6 is 0 Å². The third kappa shape index (κ3) is 5.05. The van der Waals surface area contributed by atoms with Crippen molar-refractivity contribution >= 4 is 17.3 Å². The molecular weight excluding hydrogens is 314 g/mol. The van der Waals surface area contributed by atoms with E-state index in [1.54, 1.807) is 0 Å². The van der Waals surface area contributed by atoms with E-state index in [-0.39, 0.29) is 5.91 Å². The van der Waals surface area contributed by atoms with Crippen molar-refractivity contribution in [2.75, 3.05) is 36.5 Å². The van der Waals surface area contributed by atoms with E-state index in [1.165, 1.54) is 18.2 Å². The monoisotopic (exact) mass is 339 g/mol. The van der Waals surface area contributed by atoms with Crippen LogP contribution in [-0.4, -0.2) is 32.2 Å². The number of anilines is 2. The van der Waals surface area contributed by atoms with E-state index in [4.69, 9.17) is 4.74 Å². The quantitative estimate of drug-likeness (QED) is 0.850. The number of amides is 1. The Morgan fingerprint density at radius 1 is 1.08 bits per heavy atom. The SMILES string of the molecule is CC(=O)Nc1cccc(CNCc2ccccc2N2CCOCC2)c1. The molecule has 1 amide bonds. The number of carbonyl (C=O) groups excluding carboxylic acids is 1. The van der Waals surface area contributed by atoms with Crippen LogP contribution in [0.2, 0.25) is 0 Å². The third-order valence-corrected chi connectivity index (χ3v) is 4.24. The second-order valence-corrected chi connectivity index (χ2v) is 6.21. The lowest BCUT2D eigenvalue weighted by Gasteiger charge is -2.30. The maximum Gasteiger partial charge on any atom is 0.221 e. The van der Waals surface area contributed by atoms with Crippen LogP contribution < -0.4 is 15.5 Å². The van der Waals surface area contributed by atoms with Gasteiger partial charge in [-0.15, -0.1) is 0 Å². The molecule has 0 saturated carbocycles. The highest BCUT2D eigenvalue weighted by Crippen LogP contribution is 2.21. The summed E-state index contributed by atoms with van der Waals surface area (Å²) in [6, 6.07) is 16.5. The number of carbonyl (C=O) groups is 1. The molecule has 2 aromatic carbocycles. The summed E-state index contributed by atoms with van der Waals surface area (Å²) in [4.78, 5) is 13.6. The molecule has 25 heavy (non-hydrogen) atoms. The van der Waals surface area contributed by atoms with Crippen molar-refractivity contribution in [2.24, 2.45) is 0 Å². The molecular formula is C20H25N3O2. The fraction of sp³-hybridized carbons (Fsp3) is 0.350. The van der Waals surface area contributed by atoms with Crippen molar-refractivity contribution in [3.05, 3.63) is 59.7 Å². The van der Waals surface area contributed by atoms with Crippen molar-refractivity contribution in [3.8, 4) is 0 Å². The zero-order valence-electron chi connectivity index (χ0n) is 14.6. The Hall–Kier alpha value is -2.37. The Bertz CT molecular complexity index is 712. The zero-order valence-corrected chi connectivity index (χ0v) is 14.6. The Labute approximate surface area is 149 Å². The summed E-state index contributed by atoms with van der Waals surface area (Å²) in [5.74, 6) is -0.0513. The van der Waals surface area contributed by atoms with Crippen molar-refractivity contribution in [1.29, 1.82) is 0 Å². The highest BCUT2D eigenvalue weighted by Gasteiger charge is 2.14. The molecule has 0 spiro atoms. The van der Waals surface area contributed by atoms with E-state index in [1.807, 2.05) is 18.2 Å². The number of hydrogen-bond donors (Lipinski definition) is 2. The molecule has 0 aromatic heterocycles. The van der Waals surface area contributed by atoms with Gasteiger partial charge in [-0.3, -0.25) is 4.79 Å². The average Bonchev–Trinajstić information content (AvgIpc) is 2.63. The maximum atomic E-state index is 11.2. The molecule has 0 radical (unpaired) electrons. The molecule has 5 nitrogen and oxygen atoms in total. The largest absolute Gasteiger partial charge is 0.378 e. The van der Waals surface area contributed by atoms with E-state index in [9.17, 15) is 4.79 Å². The van der Waals surface area contributed by atoms with Gasteiger partial charge < -0.3 is 20.3 Å². The van der Waals surface area contributed by atoms with Gasteiger partial charge in [-0.2, -0.15) is 0 Å². The number of morpholine rings is 1. The Kier molecular flexibility index (Phi) is 6.04. The summed E-state index contributed by atoms with van der Waals surface area (Å²) in [7, 11) is 0. The fourth-order valence-electron chi connectivity index (χ4n) is 3.08. The van der Waals surface area contributed by atoms with E-state index >= 15 is 0 Å². The second kappa shape index (κ2) is 8.65. The molecule has 1 aliphatic rings. The first-order chi connectivity index (χ1) is 12.2. The predicted octanol–water partition coefficient (Wildman–Crippen LogP) is 2.77. The smallest absolute Gasteiger partial charge is 0.221 e. The van der Waals surface area contributed by atoms with E-state index in [2.05, 4.69) is 45.9 Å². The van der Waals surface area contributed by atoms with E-state index in [0.29, 0.717) is 0 Å². The summed E-state index contributed by atoms with van der Waals surface area (Å²) in [6.45, 7) is 6.54. The van der Waals surface area contributed by atoms with Gasteiger partial charge in [-0.1, -0.05) is 30.3 Å². The number of ether oxygens (including phenoxy) is 1. The lowest BCUT2D eigenvalue weighted by atomic mass is 10.1. The summed E-state index contributed by atoms with van der Waals surface area (Å²) in [5.41, 5.74) is 4.56. The summed E-state index contributed by atoms with van der Waals surface area (Å²) in [6.07, 6.45) is 0. The van der Waals surface area contributed by atoms with Gasteiger partial charge in [0.05, 0.1) is 13.2 Å². The minimum Gasteiger partial charge on any atom is -0.378 e. The normalized spacial score (nSPS) is 14.4. The lowest BCUT2D eigenvalue weighted by molar-refractivity contribution is -0.114. The number of para-hydroxylation sites is 1. The standard InChI is InChI=1S/C20H25N3O2/c1-16(24)22-19-7-4-5-17(13-19)14-21-15-18-6-2-3-8-20(18)23-9-11-25-12-10-23/h2-8,13,21H,9-12,14-15H2,1H3,(H,22,24). The fourth-order valence-corrected chi connectivity index (χ4v) is 3.08. The lowest BCUT2D eigenvalue weighted by Crippen LogP contribution is -2.37. The van der Waals surface area contributed by atoms with E-state index in [0.717, 1.165) is 50.6 Å². The average molecular weight is 339 g/mol. The second-order valence-electron chi connectivity index (χ2n) is 6.21. The molecule has 3 rings (SSSR count). The van der Waals surface area contributed by atoms with Gasteiger partial charge in [0.1, 0.15) is 0 Å². The van der Waals surface area contributed by atoms with Gasteiger partial charge >= 0.3 is 0 Å². The highest BCUT2D eigenvalue weighted by molar-refractivity contribution is 5.88. The van der Waals surface area contributed by atoms with E-state index < -0.39 is 0 Å². The van der Waals surface area contributed by atoms with Gasteiger partial charge in [0.2, 0.25) is 5.91 Å².